The molecule has 16 heavy (non-hydrogen) atoms. The average molecular weight is 223 g/mol. The SMILES string of the molecule is CC(C)CN(CC(N)=O)c1cnc(N)cn1. The number of carbonyl (C=O) groups is 1. The molecule has 0 aromatic carbocycles. The highest BCUT2D eigenvalue weighted by Crippen LogP contribution is 2.11. The second-order valence-electron chi connectivity index (χ2n) is 4.04. The number of rotatable bonds is 5. The molecule has 0 aliphatic heterocycles. The Morgan fingerprint density at radius 3 is 2.56 bits per heavy atom. The zero-order valence-corrected chi connectivity index (χ0v) is 9.55. The quantitative estimate of drug-likeness (QED) is 0.732. The molecule has 0 saturated heterocycles. The van der Waals surface area contributed by atoms with Crippen molar-refractivity contribution >= 4 is 17.5 Å². The van der Waals surface area contributed by atoms with E-state index in [-0.39, 0.29) is 12.5 Å². The van der Waals surface area contributed by atoms with Gasteiger partial charge in [-0.3, -0.25) is 4.79 Å². The number of primary amides is 1. The number of hydrogen-bond donors (Lipinski definition) is 2. The third-order valence-corrected chi connectivity index (χ3v) is 1.91. The fourth-order valence-electron chi connectivity index (χ4n) is 1.36. The number of nitrogens with two attached hydrogens (primary N) is 2. The van der Waals surface area contributed by atoms with Crippen LogP contribution in [0.4, 0.5) is 11.6 Å². The number of carbonyl (C=O) groups excluding carboxylic acids is 1. The Labute approximate surface area is 94.7 Å². The lowest BCUT2D eigenvalue weighted by molar-refractivity contribution is -0.116. The molecule has 6 nitrogen and oxygen atoms in total. The highest BCUT2D eigenvalue weighted by molar-refractivity contribution is 5.79. The van der Waals surface area contributed by atoms with Crippen molar-refractivity contribution in [3.05, 3.63) is 12.4 Å². The summed E-state index contributed by atoms with van der Waals surface area (Å²) >= 11 is 0. The third-order valence-electron chi connectivity index (χ3n) is 1.91. The van der Waals surface area contributed by atoms with Gasteiger partial charge in [0.1, 0.15) is 11.6 Å². The summed E-state index contributed by atoms with van der Waals surface area (Å²) in [7, 11) is 0. The van der Waals surface area contributed by atoms with Gasteiger partial charge in [-0.05, 0) is 5.92 Å². The van der Waals surface area contributed by atoms with Gasteiger partial charge in [0.2, 0.25) is 5.91 Å². The van der Waals surface area contributed by atoms with E-state index in [9.17, 15) is 4.79 Å². The maximum Gasteiger partial charge on any atom is 0.236 e. The van der Waals surface area contributed by atoms with E-state index in [0.717, 1.165) is 0 Å². The van der Waals surface area contributed by atoms with E-state index in [4.69, 9.17) is 11.5 Å². The predicted molar refractivity (Wildman–Crippen MR) is 62.7 cm³/mol. The smallest absolute Gasteiger partial charge is 0.236 e. The van der Waals surface area contributed by atoms with Crippen LogP contribution in [0, 0.1) is 5.92 Å². The molecular formula is C10H17N5O. The van der Waals surface area contributed by atoms with Crippen molar-refractivity contribution in [2.24, 2.45) is 11.7 Å². The van der Waals surface area contributed by atoms with Gasteiger partial charge >= 0.3 is 0 Å². The van der Waals surface area contributed by atoms with Gasteiger partial charge in [0.05, 0.1) is 18.9 Å². The lowest BCUT2D eigenvalue weighted by Gasteiger charge is -2.23. The number of anilines is 2. The van der Waals surface area contributed by atoms with Crippen molar-refractivity contribution in [1.82, 2.24) is 9.97 Å². The summed E-state index contributed by atoms with van der Waals surface area (Å²) in [5.41, 5.74) is 10.6. The van der Waals surface area contributed by atoms with Gasteiger partial charge in [0.25, 0.3) is 0 Å². The van der Waals surface area contributed by atoms with Crippen molar-refractivity contribution in [2.75, 3.05) is 23.7 Å². The van der Waals surface area contributed by atoms with Crippen LogP contribution >= 0.6 is 0 Å². The average Bonchev–Trinajstić information content (AvgIpc) is 2.16. The van der Waals surface area contributed by atoms with E-state index in [2.05, 4.69) is 23.8 Å². The molecule has 0 radical (unpaired) electrons. The Morgan fingerprint density at radius 1 is 1.44 bits per heavy atom. The molecule has 6 heteroatoms. The molecule has 1 rings (SSSR count). The lowest BCUT2D eigenvalue weighted by Crippen LogP contribution is -2.36. The van der Waals surface area contributed by atoms with Crippen LogP contribution in [-0.2, 0) is 4.79 Å². The summed E-state index contributed by atoms with van der Waals surface area (Å²) in [6.45, 7) is 4.94. The Morgan fingerprint density at radius 2 is 2.12 bits per heavy atom. The first-order valence-corrected chi connectivity index (χ1v) is 5.10. The molecule has 0 saturated carbocycles. The molecular weight excluding hydrogens is 206 g/mol. The first-order valence-electron chi connectivity index (χ1n) is 5.10. The van der Waals surface area contributed by atoms with Crippen molar-refractivity contribution in [3.8, 4) is 0 Å². The highest BCUT2D eigenvalue weighted by atomic mass is 16.1. The van der Waals surface area contributed by atoms with Crippen molar-refractivity contribution < 1.29 is 4.79 Å². The van der Waals surface area contributed by atoms with Crippen LogP contribution in [0.3, 0.4) is 0 Å². The van der Waals surface area contributed by atoms with Crippen LogP contribution in [0.2, 0.25) is 0 Å². The van der Waals surface area contributed by atoms with Gasteiger partial charge in [-0.1, -0.05) is 13.8 Å². The highest BCUT2D eigenvalue weighted by Gasteiger charge is 2.12. The topological polar surface area (TPSA) is 98.1 Å². The first-order chi connectivity index (χ1) is 7.49. The molecule has 0 aliphatic carbocycles. The zero-order valence-electron chi connectivity index (χ0n) is 9.55. The fourth-order valence-corrected chi connectivity index (χ4v) is 1.36. The predicted octanol–water partition coefficient (Wildman–Crippen LogP) is 0.00650. The van der Waals surface area contributed by atoms with Crippen LogP contribution in [0.1, 0.15) is 13.8 Å². The van der Waals surface area contributed by atoms with Crippen molar-refractivity contribution in [2.45, 2.75) is 13.8 Å². The van der Waals surface area contributed by atoms with Crippen LogP contribution in [-0.4, -0.2) is 29.0 Å². The van der Waals surface area contributed by atoms with E-state index >= 15 is 0 Å². The summed E-state index contributed by atoms with van der Waals surface area (Å²) in [6.07, 6.45) is 3.00. The number of aromatic nitrogens is 2. The molecule has 88 valence electrons. The zero-order chi connectivity index (χ0) is 12.1. The van der Waals surface area contributed by atoms with Crippen molar-refractivity contribution in [1.29, 1.82) is 0 Å². The Hall–Kier alpha value is -1.85. The number of nitrogens with zero attached hydrogens (tertiary/aromatic N) is 3. The Bertz CT molecular complexity index is 349. The second kappa shape index (κ2) is 5.29. The minimum absolute atomic E-state index is 0.136. The molecule has 0 fully saturated rings. The molecule has 1 amide bonds. The lowest BCUT2D eigenvalue weighted by atomic mass is 10.2. The fraction of sp³-hybridized carbons (Fsp3) is 0.500. The summed E-state index contributed by atoms with van der Waals surface area (Å²) in [5.74, 6) is 0.979. The molecule has 0 spiro atoms. The number of nitrogen functional groups attached to an aromatic ring is 1. The summed E-state index contributed by atoms with van der Waals surface area (Å²) in [4.78, 5) is 20.8. The second-order valence-corrected chi connectivity index (χ2v) is 4.04. The van der Waals surface area contributed by atoms with Crippen molar-refractivity contribution in [3.63, 3.8) is 0 Å². The molecule has 0 aliphatic rings. The summed E-state index contributed by atoms with van der Waals surface area (Å²) in [6, 6.07) is 0. The number of amides is 1. The standard InChI is InChI=1S/C10H17N5O/c1-7(2)5-15(6-9(12)16)10-4-13-8(11)3-14-10/h3-4,7H,5-6H2,1-2H3,(H2,11,13)(H2,12,16). The van der Waals surface area contributed by atoms with Crippen LogP contribution in [0.5, 0.6) is 0 Å². The van der Waals surface area contributed by atoms with Gasteiger partial charge in [-0.25, -0.2) is 9.97 Å². The minimum atomic E-state index is -0.390. The van der Waals surface area contributed by atoms with E-state index in [1.807, 2.05) is 0 Å². The van der Waals surface area contributed by atoms with Crippen LogP contribution < -0.4 is 16.4 Å². The summed E-state index contributed by atoms with van der Waals surface area (Å²) in [5, 5.41) is 0. The van der Waals surface area contributed by atoms with Gasteiger partial charge < -0.3 is 16.4 Å². The van der Waals surface area contributed by atoms with Gasteiger partial charge in [-0.2, -0.15) is 0 Å². The monoisotopic (exact) mass is 223 g/mol. The maximum atomic E-state index is 10.9. The normalized spacial score (nSPS) is 10.4. The first kappa shape index (κ1) is 12.2. The molecule has 4 N–H and O–H groups in total. The third kappa shape index (κ3) is 3.72. The largest absolute Gasteiger partial charge is 0.382 e. The van der Waals surface area contributed by atoms with E-state index in [1.54, 1.807) is 11.1 Å². The van der Waals surface area contributed by atoms with Crippen LogP contribution in [0.15, 0.2) is 12.4 Å². The molecule has 0 bridgehead atoms. The molecule has 0 unspecified atom stereocenters. The molecule has 1 aromatic rings. The van der Waals surface area contributed by atoms with E-state index < -0.39 is 0 Å². The summed E-state index contributed by atoms with van der Waals surface area (Å²) < 4.78 is 0. The van der Waals surface area contributed by atoms with Crippen LogP contribution in [0.25, 0.3) is 0 Å². The van der Waals surface area contributed by atoms with E-state index in [0.29, 0.717) is 24.1 Å². The molecule has 1 aromatic heterocycles. The number of hydrogen-bond acceptors (Lipinski definition) is 5. The molecule has 1 heterocycles. The minimum Gasteiger partial charge on any atom is -0.382 e. The molecule has 0 atom stereocenters. The van der Waals surface area contributed by atoms with Gasteiger partial charge in [0.15, 0.2) is 0 Å². The van der Waals surface area contributed by atoms with Gasteiger partial charge in [-0.15, -0.1) is 0 Å². The van der Waals surface area contributed by atoms with E-state index in [1.165, 1.54) is 6.20 Å². The van der Waals surface area contributed by atoms with Gasteiger partial charge in [0, 0.05) is 6.54 Å². The Kier molecular flexibility index (Phi) is 4.04. The Balaban J connectivity index is 2.82. The maximum absolute atomic E-state index is 10.9.